The number of morpholine rings is 1. The van der Waals surface area contributed by atoms with Crippen LogP contribution in [0, 0.1) is 5.92 Å². The van der Waals surface area contributed by atoms with Gasteiger partial charge in [0, 0.05) is 39.3 Å². The van der Waals surface area contributed by atoms with Gasteiger partial charge in [-0.1, -0.05) is 0 Å². The van der Waals surface area contributed by atoms with E-state index in [1.165, 1.54) is 6.92 Å². The number of urea groups is 1. The molecule has 1 N–H and O–H groups in total. The SMILES string of the molecule is CC1C(=O)NC(=O)N(N2CCN(CC(=O)N3CCOCC3)CC2)C1=O. The van der Waals surface area contributed by atoms with Crippen molar-refractivity contribution in [2.24, 2.45) is 5.92 Å². The van der Waals surface area contributed by atoms with E-state index in [2.05, 4.69) is 5.32 Å². The number of ether oxygens (including phenoxy) is 1. The van der Waals surface area contributed by atoms with E-state index in [0.717, 1.165) is 5.01 Å². The molecule has 3 fully saturated rings. The number of amides is 5. The van der Waals surface area contributed by atoms with Crippen molar-refractivity contribution in [1.82, 2.24) is 25.1 Å². The van der Waals surface area contributed by atoms with E-state index in [0.29, 0.717) is 59.0 Å². The molecule has 10 heteroatoms. The van der Waals surface area contributed by atoms with E-state index >= 15 is 0 Å². The quantitative estimate of drug-likeness (QED) is 0.591. The molecular weight excluding hydrogens is 330 g/mol. The number of imide groups is 2. The predicted octanol–water partition coefficient (Wildman–Crippen LogP) is -1.91. The van der Waals surface area contributed by atoms with Crippen LogP contribution in [0.4, 0.5) is 4.79 Å². The summed E-state index contributed by atoms with van der Waals surface area (Å²) in [6.07, 6.45) is 0. The molecule has 3 aliphatic rings. The van der Waals surface area contributed by atoms with Gasteiger partial charge in [0.15, 0.2) is 0 Å². The average Bonchev–Trinajstić information content (AvgIpc) is 2.62. The van der Waals surface area contributed by atoms with Crippen LogP contribution in [0.15, 0.2) is 0 Å². The van der Waals surface area contributed by atoms with Gasteiger partial charge in [-0.05, 0) is 6.92 Å². The van der Waals surface area contributed by atoms with Crippen LogP contribution in [-0.2, 0) is 19.1 Å². The molecule has 0 bridgehead atoms. The third-order valence-electron chi connectivity index (χ3n) is 4.75. The van der Waals surface area contributed by atoms with Gasteiger partial charge in [0.25, 0.3) is 5.91 Å². The third kappa shape index (κ3) is 3.80. The first kappa shape index (κ1) is 17.8. The highest BCUT2D eigenvalue weighted by atomic mass is 16.5. The van der Waals surface area contributed by atoms with Crippen LogP contribution in [-0.4, -0.2) is 103 Å². The second kappa shape index (κ2) is 7.46. The molecular formula is C15H23N5O5. The number of nitrogens with one attached hydrogen (secondary N) is 1. The molecule has 0 spiro atoms. The van der Waals surface area contributed by atoms with Gasteiger partial charge in [-0.2, -0.15) is 5.01 Å². The first-order chi connectivity index (χ1) is 12.0. The van der Waals surface area contributed by atoms with Crippen molar-refractivity contribution in [3.63, 3.8) is 0 Å². The number of nitrogens with zero attached hydrogens (tertiary/aromatic N) is 4. The Labute approximate surface area is 145 Å². The molecule has 3 rings (SSSR count). The number of hydrazine groups is 1. The second-order valence-electron chi connectivity index (χ2n) is 6.39. The van der Waals surface area contributed by atoms with Crippen LogP contribution in [0.3, 0.4) is 0 Å². The van der Waals surface area contributed by atoms with Gasteiger partial charge in [-0.25, -0.2) is 9.80 Å². The molecule has 0 radical (unpaired) electrons. The Kier molecular flexibility index (Phi) is 5.30. The van der Waals surface area contributed by atoms with Crippen molar-refractivity contribution in [3.05, 3.63) is 0 Å². The number of carbonyl (C=O) groups excluding carboxylic acids is 4. The fraction of sp³-hybridized carbons (Fsp3) is 0.733. The van der Waals surface area contributed by atoms with Crippen LogP contribution in [0.25, 0.3) is 0 Å². The summed E-state index contributed by atoms with van der Waals surface area (Å²) >= 11 is 0. The average molecular weight is 353 g/mol. The summed E-state index contributed by atoms with van der Waals surface area (Å²) in [6.45, 7) is 6.20. The van der Waals surface area contributed by atoms with Crippen molar-refractivity contribution in [2.75, 3.05) is 59.0 Å². The molecule has 1 atom stereocenters. The van der Waals surface area contributed by atoms with Gasteiger partial charge in [0.2, 0.25) is 11.8 Å². The van der Waals surface area contributed by atoms with Crippen molar-refractivity contribution in [3.8, 4) is 0 Å². The van der Waals surface area contributed by atoms with Crippen LogP contribution in [0.2, 0.25) is 0 Å². The van der Waals surface area contributed by atoms with Crippen molar-refractivity contribution < 1.29 is 23.9 Å². The molecule has 0 aliphatic carbocycles. The van der Waals surface area contributed by atoms with Gasteiger partial charge < -0.3 is 9.64 Å². The van der Waals surface area contributed by atoms with E-state index < -0.39 is 23.8 Å². The van der Waals surface area contributed by atoms with Gasteiger partial charge >= 0.3 is 6.03 Å². The Balaban J connectivity index is 1.51. The highest BCUT2D eigenvalue weighted by Crippen LogP contribution is 2.15. The van der Waals surface area contributed by atoms with E-state index in [1.54, 1.807) is 9.91 Å². The fourth-order valence-corrected chi connectivity index (χ4v) is 3.13. The summed E-state index contributed by atoms with van der Waals surface area (Å²) in [5.74, 6) is -1.88. The van der Waals surface area contributed by atoms with E-state index in [1.807, 2.05) is 4.90 Å². The molecule has 3 heterocycles. The lowest BCUT2D eigenvalue weighted by atomic mass is 10.1. The minimum atomic E-state index is -0.876. The van der Waals surface area contributed by atoms with E-state index in [4.69, 9.17) is 4.74 Å². The van der Waals surface area contributed by atoms with Crippen molar-refractivity contribution in [1.29, 1.82) is 0 Å². The molecule has 0 aromatic heterocycles. The normalized spacial score (nSPS) is 26.8. The summed E-state index contributed by atoms with van der Waals surface area (Å²) in [5.41, 5.74) is 0. The van der Waals surface area contributed by atoms with Gasteiger partial charge in [0.1, 0.15) is 5.92 Å². The summed E-state index contributed by atoms with van der Waals surface area (Å²) < 4.78 is 5.24. The first-order valence-electron chi connectivity index (χ1n) is 8.49. The molecule has 0 saturated carbocycles. The summed E-state index contributed by atoms with van der Waals surface area (Å²) in [7, 11) is 0. The fourth-order valence-electron chi connectivity index (χ4n) is 3.13. The molecule has 0 aromatic carbocycles. The third-order valence-corrected chi connectivity index (χ3v) is 4.75. The van der Waals surface area contributed by atoms with E-state index in [-0.39, 0.29) is 5.91 Å². The Bertz CT molecular complexity index is 569. The minimum Gasteiger partial charge on any atom is -0.378 e. The molecule has 0 aromatic rings. The number of hydrogen-bond donors (Lipinski definition) is 1. The Morgan fingerprint density at radius 1 is 1.08 bits per heavy atom. The predicted molar refractivity (Wildman–Crippen MR) is 85.0 cm³/mol. The highest BCUT2D eigenvalue weighted by Gasteiger charge is 2.41. The molecule has 1 unspecified atom stereocenters. The summed E-state index contributed by atoms with van der Waals surface area (Å²) in [5, 5.41) is 4.85. The maximum atomic E-state index is 12.3. The van der Waals surface area contributed by atoms with Crippen molar-refractivity contribution >= 4 is 23.8 Å². The molecule has 3 aliphatic heterocycles. The number of piperazine rings is 1. The molecule has 25 heavy (non-hydrogen) atoms. The van der Waals surface area contributed by atoms with Gasteiger partial charge in [0.05, 0.1) is 19.8 Å². The monoisotopic (exact) mass is 353 g/mol. The maximum absolute atomic E-state index is 12.3. The lowest BCUT2D eigenvalue weighted by Crippen LogP contribution is -2.66. The zero-order valence-electron chi connectivity index (χ0n) is 14.3. The van der Waals surface area contributed by atoms with Gasteiger partial charge in [-0.3, -0.25) is 24.6 Å². The molecule has 138 valence electrons. The lowest BCUT2D eigenvalue weighted by Gasteiger charge is -2.42. The summed E-state index contributed by atoms with van der Waals surface area (Å²) in [4.78, 5) is 51.8. The topological polar surface area (TPSA) is 102 Å². The number of hydrogen-bond acceptors (Lipinski definition) is 7. The zero-order chi connectivity index (χ0) is 18.0. The first-order valence-corrected chi connectivity index (χ1v) is 8.49. The number of carbonyl (C=O) groups is 4. The van der Waals surface area contributed by atoms with Crippen molar-refractivity contribution in [2.45, 2.75) is 6.92 Å². The smallest absolute Gasteiger partial charge is 0.345 e. The maximum Gasteiger partial charge on any atom is 0.345 e. The van der Waals surface area contributed by atoms with Crippen LogP contribution < -0.4 is 5.32 Å². The van der Waals surface area contributed by atoms with Crippen LogP contribution in [0.1, 0.15) is 6.92 Å². The van der Waals surface area contributed by atoms with E-state index in [9.17, 15) is 19.2 Å². The number of barbiturate groups is 1. The Hall–Kier alpha value is -2.04. The largest absolute Gasteiger partial charge is 0.378 e. The minimum absolute atomic E-state index is 0.0720. The number of rotatable bonds is 3. The highest BCUT2D eigenvalue weighted by molar-refractivity contribution is 6.15. The standard InChI is InChI=1S/C15H23N5O5/c1-11-13(22)16-15(24)20(14(11)23)19-4-2-17(3-5-19)10-12(21)18-6-8-25-9-7-18/h11H,2-10H2,1H3,(H,16,22,24). The van der Waals surface area contributed by atoms with Gasteiger partial charge in [-0.15, -0.1) is 0 Å². The Morgan fingerprint density at radius 2 is 1.72 bits per heavy atom. The zero-order valence-corrected chi connectivity index (χ0v) is 14.3. The molecule has 5 amide bonds. The van der Waals surface area contributed by atoms with Crippen LogP contribution in [0.5, 0.6) is 0 Å². The summed E-state index contributed by atoms with van der Waals surface area (Å²) in [6, 6.07) is -0.703. The molecule has 3 saturated heterocycles. The lowest BCUT2D eigenvalue weighted by molar-refractivity contribution is -0.156. The van der Waals surface area contributed by atoms with Crippen LogP contribution >= 0.6 is 0 Å². The Morgan fingerprint density at radius 3 is 2.36 bits per heavy atom. The molecule has 10 nitrogen and oxygen atoms in total. The second-order valence-corrected chi connectivity index (χ2v) is 6.39.